The van der Waals surface area contributed by atoms with E-state index in [4.69, 9.17) is 0 Å². The van der Waals surface area contributed by atoms with Crippen molar-refractivity contribution in [1.29, 1.82) is 0 Å². The number of fused-ring (bicyclic) bond motifs is 2. The fourth-order valence-corrected chi connectivity index (χ4v) is 6.35. The molecule has 2 aromatic carbocycles. The number of amides is 1. The number of carbonyl (C=O) groups excluding carboxylic acids is 1. The van der Waals surface area contributed by atoms with Gasteiger partial charge >= 0.3 is 0 Å². The highest BCUT2D eigenvalue weighted by molar-refractivity contribution is 8.03. The minimum Gasteiger partial charge on any atom is -0.335 e. The number of carbonyl (C=O) groups is 1. The third kappa shape index (κ3) is 3.98. The highest BCUT2D eigenvalue weighted by atomic mass is 32.3. The summed E-state index contributed by atoms with van der Waals surface area (Å²) in [6, 6.07) is 14.4. The van der Waals surface area contributed by atoms with Gasteiger partial charge in [-0.1, -0.05) is 34.0 Å². The van der Waals surface area contributed by atoms with Crippen LogP contribution in [0.5, 0.6) is 0 Å². The molecule has 0 aliphatic carbocycles. The molecule has 0 aliphatic heterocycles. The zero-order valence-corrected chi connectivity index (χ0v) is 17.1. The molecule has 0 saturated heterocycles. The van der Waals surface area contributed by atoms with E-state index in [0.29, 0.717) is 11.0 Å². The van der Waals surface area contributed by atoms with Gasteiger partial charge in [-0.3, -0.25) is 4.79 Å². The minimum atomic E-state index is -4.11. The van der Waals surface area contributed by atoms with Crippen LogP contribution in [-0.2, 0) is 20.0 Å². The number of pyridine rings is 1. The molecule has 1 unspecified atom stereocenters. The molecule has 3 aromatic rings. The van der Waals surface area contributed by atoms with Crippen LogP contribution in [0.3, 0.4) is 0 Å². The van der Waals surface area contributed by atoms with Gasteiger partial charge in [-0.05, 0) is 25.1 Å². The zero-order valence-electron chi connectivity index (χ0n) is 15.4. The minimum absolute atomic E-state index is 0.219. The van der Waals surface area contributed by atoms with E-state index in [1.165, 1.54) is 6.92 Å². The number of hydrogen-bond donors (Lipinski definition) is 1. The Morgan fingerprint density at radius 3 is 2.21 bits per heavy atom. The monoisotopic (exact) mass is 421 g/mol. The molecule has 1 amide bonds. The lowest BCUT2D eigenvalue weighted by atomic mass is 10.1. The number of hydrogen-bond acceptors (Lipinski definition) is 6. The summed E-state index contributed by atoms with van der Waals surface area (Å²) in [5, 5.41) is 4.09. The first-order chi connectivity index (χ1) is 13.0. The maximum atomic E-state index is 12.8. The van der Waals surface area contributed by atoms with Crippen LogP contribution in [0.25, 0.3) is 21.8 Å². The molecule has 28 heavy (non-hydrogen) atoms. The van der Waals surface area contributed by atoms with Crippen LogP contribution < -0.4 is 5.32 Å². The van der Waals surface area contributed by atoms with Crippen molar-refractivity contribution in [2.75, 3.05) is 12.5 Å². The van der Waals surface area contributed by atoms with Crippen molar-refractivity contribution in [3.63, 3.8) is 0 Å². The number of para-hydroxylation sites is 2. The smallest absolute Gasteiger partial charge is 0.254 e. The second-order valence-corrected chi connectivity index (χ2v) is 10.4. The predicted molar refractivity (Wildman–Crippen MR) is 108 cm³/mol. The number of benzene rings is 2. The van der Waals surface area contributed by atoms with Gasteiger partial charge < -0.3 is 5.32 Å². The van der Waals surface area contributed by atoms with Crippen LogP contribution in [0.15, 0.2) is 48.5 Å². The number of nitrogens with one attached hydrogen (secondary N) is 1. The van der Waals surface area contributed by atoms with Gasteiger partial charge in [0.1, 0.15) is 6.17 Å². The third-order valence-electron chi connectivity index (χ3n) is 4.10. The lowest BCUT2D eigenvalue weighted by Crippen LogP contribution is -2.51. The SMILES string of the molecule is CC(NC(=O)c1cccc2cc3ccccc3nc12)N(S(C)(=O)=O)S(C)(=O)=O. The van der Waals surface area contributed by atoms with Gasteiger partial charge in [0.05, 0.1) is 29.1 Å². The van der Waals surface area contributed by atoms with Crippen LogP contribution in [-0.4, -0.2) is 50.1 Å². The summed E-state index contributed by atoms with van der Waals surface area (Å²) >= 11 is 0. The fourth-order valence-electron chi connectivity index (χ4n) is 3.13. The zero-order chi connectivity index (χ0) is 20.7. The lowest BCUT2D eigenvalue weighted by molar-refractivity contribution is 0.0929. The van der Waals surface area contributed by atoms with Gasteiger partial charge in [0, 0.05) is 10.8 Å². The summed E-state index contributed by atoms with van der Waals surface area (Å²) in [4.78, 5) is 17.3. The number of sulfonamides is 2. The maximum absolute atomic E-state index is 12.8. The van der Waals surface area contributed by atoms with Gasteiger partial charge in [0.15, 0.2) is 0 Å². The fraction of sp³-hybridized carbons (Fsp3) is 0.222. The van der Waals surface area contributed by atoms with E-state index in [1.807, 2.05) is 36.4 Å². The second kappa shape index (κ2) is 7.12. The quantitative estimate of drug-likeness (QED) is 0.495. The average Bonchev–Trinajstić information content (AvgIpc) is 2.56. The summed E-state index contributed by atoms with van der Waals surface area (Å²) in [5.41, 5.74) is 1.37. The average molecular weight is 422 g/mol. The Hall–Kier alpha value is -2.56. The predicted octanol–water partition coefficient (Wildman–Crippen LogP) is 1.69. The van der Waals surface area contributed by atoms with E-state index in [1.54, 1.807) is 12.1 Å². The van der Waals surface area contributed by atoms with Gasteiger partial charge in [0.25, 0.3) is 5.91 Å². The molecule has 0 aliphatic rings. The number of nitrogens with zero attached hydrogens (tertiary/aromatic N) is 2. The topological polar surface area (TPSA) is 114 Å². The third-order valence-corrected chi connectivity index (χ3v) is 7.67. The van der Waals surface area contributed by atoms with E-state index >= 15 is 0 Å². The van der Waals surface area contributed by atoms with Crippen LogP contribution in [0, 0.1) is 0 Å². The summed E-state index contributed by atoms with van der Waals surface area (Å²) in [5.74, 6) is -0.627. The lowest BCUT2D eigenvalue weighted by Gasteiger charge is -2.25. The normalized spacial score (nSPS) is 13.7. The van der Waals surface area contributed by atoms with Crippen molar-refractivity contribution >= 4 is 47.8 Å². The van der Waals surface area contributed by atoms with Crippen LogP contribution in [0.2, 0.25) is 0 Å². The first kappa shape index (κ1) is 20.2. The van der Waals surface area contributed by atoms with Crippen molar-refractivity contribution in [2.24, 2.45) is 0 Å². The first-order valence-electron chi connectivity index (χ1n) is 8.27. The highest BCUT2D eigenvalue weighted by Crippen LogP contribution is 2.22. The molecular formula is C18H19N3O5S2. The molecule has 3 rings (SSSR count). The molecule has 10 heteroatoms. The summed E-state index contributed by atoms with van der Waals surface area (Å²) in [6.07, 6.45) is 0.234. The molecule has 0 saturated carbocycles. The molecule has 148 valence electrons. The molecule has 0 fully saturated rings. The van der Waals surface area contributed by atoms with Crippen molar-refractivity contribution < 1.29 is 21.6 Å². The molecule has 0 bridgehead atoms. The van der Waals surface area contributed by atoms with E-state index < -0.39 is 32.1 Å². The van der Waals surface area contributed by atoms with Crippen molar-refractivity contribution in [3.8, 4) is 0 Å². The van der Waals surface area contributed by atoms with E-state index in [-0.39, 0.29) is 9.27 Å². The molecule has 8 nitrogen and oxygen atoms in total. The maximum Gasteiger partial charge on any atom is 0.254 e. The molecule has 0 radical (unpaired) electrons. The summed E-state index contributed by atoms with van der Waals surface area (Å²) in [7, 11) is -8.21. The van der Waals surface area contributed by atoms with E-state index in [9.17, 15) is 21.6 Å². The van der Waals surface area contributed by atoms with Crippen LogP contribution in [0.1, 0.15) is 17.3 Å². The largest absolute Gasteiger partial charge is 0.335 e. The van der Waals surface area contributed by atoms with Crippen molar-refractivity contribution in [2.45, 2.75) is 13.1 Å². The molecular weight excluding hydrogens is 402 g/mol. The second-order valence-electron chi connectivity index (χ2n) is 6.46. The van der Waals surface area contributed by atoms with Crippen LogP contribution >= 0.6 is 0 Å². The summed E-state index contributed by atoms with van der Waals surface area (Å²) < 4.78 is 47.8. The molecule has 1 N–H and O–H groups in total. The van der Waals surface area contributed by atoms with E-state index in [2.05, 4.69) is 10.3 Å². The van der Waals surface area contributed by atoms with Gasteiger partial charge in [-0.2, -0.15) is 0 Å². The van der Waals surface area contributed by atoms with Gasteiger partial charge in [0.2, 0.25) is 20.0 Å². The Morgan fingerprint density at radius 2 is 1.57 bits per heavy atom. The van der Waals surface area contributed by atoms with Crippen LogP contribution in [0.4, 0.5) is 0 Å². The highest BCUT2D eigenvalue weighted by Gasteiger charge is 2.33. The van der Waals surface area contributed by atoms with Crippen molar-refractivity contribution in [3.05, 3.63) is 54.1 Å². The Morgan fingerprint density at radius 1 is 0.964 bits per heavy atom. The first-order valence-corrected chi connectivity index (χ1v) is 12.0. The summed E-state index contributed by atoms with van der Waals surface area (Å²) in [6.45, 7) is 1.29. The number of aromatic nitrogens is 1. The Kier molecular flexibility index (Phi) is 5.13. The Bertz CT molecular complexity index is 1260. The number of rotatable bonds is 5. The Balaban J connectivity index is 2.03. The Labute approximate surface area is 163 Å². The van der Waals surface area contributed by atoms with Gasteiger partial charge in [-0.15, -0.1) is 0 Å². The van der Waals surface area contributed by atoms with E-state index in [0.717, 1.165) is 23.3 Å². The molecule has 1 aromatic heterocycles. The molecule has 1 atom stereocenters. The van der Waals surface area contributed by atoms with Gasteiger partial charge in [-0.25, -0.2) is 21.8 Å². The standard InChI is InChI=1S/C18H19N3O5S2/c1-12(21(27(2,23)24)28(3,25)26)19-18(22)15-9-6-8-14-11-13-7-4-5-10-16(13)20-17(14)15/h4-12H,1-3H3,(H,19,22). The molecule has 0 spiro atoms. The van der Waals surface area contributed by atoms with Crippen molar-refractivity contribution in [1.82, 2.24) is 14.0 Å². The molecule has 1 heterocycles.